The van der Waals surface area contributed by atoms with Crippen molar-refractivity contribution in [3.8, 4) is 5.75 Å². The van der Waals surface area contributed by atoms with Crippen molar-refractivity contribution in [3.63, 3.8) is 0 Å². The maximum absolute atomic E-state index is 13.0. The number of halogens is 1. The van der Waals surface area contributed by atoms with Crippen molar-refractivity contribution in [1.29, 1.82) is 0 Å². The first-order valence-corrected chi connectivity index (χ1v) is 10.8. The lowest BCUT2D eigenvalue weighted by atomic mass is 9.87. The van der Waals surface area contributed by atoms with Crippen LogP contribution in [0.25, 0.3) is 0 Å². The molecule has 0 radical (unpaired) electrons. The molecule has 2 aromatic carbocycles. The Morgan fingerprint density at radius 2 is 1.82 bits per heavy atom. The summed E-state index contributed by atoms with van der Waals surface area (Å²) in [5.74, 6) is -0.0655. The average Bonchev–Trinajstić information content (AvgIpc) is 2.77. The number of nitrogens with one attached hydrogen (secondary N) is 1. The molecule has 0 atom stereocenters. The number of nitrogens with two attached hydrogens (primary N) is 1. The van der Waals surface area contributed by atoms with Gasteiger partial charge in [-0.05, 0) is 53.4 Å². The molecular weight excluding hydrogens is 440 g/mol. The van der Waals surface area contributed by atoms with E-state index in [9.17, 15) is 9.59 Å². The van der Waals surface area contributed by atoms with Gasteiger partial charge < -0.3 is 20.7 Å². The molecule has 8 heteroatoms. The number of carbonyl (C=O) groups is 2. The summed E-state index contributed by atoms with van der Waals surface area (Å²) >= 11 is 6.30. The smallest absolute Gasteiger partial charge is 0.255 e. The molecule has 2 amide bonds. The maximum Gasteiger partial charge on any atom is 0.255 e. The highest BCUT2D eigenvalue weighted by atomic mass is 35.5. The van der Waals surface area contributed by atoms with Gasteiger partial charge in [-0.15, -0.1) is 0 Å². The molecule has 0 aliphatic carbocycles. The van der Waals surface area contributed by atoms with Gasteiger partial charge in [-0.25, -0.2) is 4.98 Å². The lowest BCUT2D eigenvalue weighted by Crippen LogP contribution is -2.22. The number of carbonyl (C=O) groups excluding carboxylic acids is 2. The van der Waals surface area contributed by atoms with Gasteiger partial charge in [0.05, 0.1) is 10.7 Å². The first kappa shape index (κ1) is 24.1. The highest BCUT2D eigenvalue weighted by Crippen LogP contribution is 2.36. The molecule has 7 nitrogen and oxygen atoms in total. The third-order valence-corrected chi connectivity index (χ3v) is 5.31. The Kier molecular flexibility index (Phi) is 7.23. The van der Waals surface area contributed by atoms with Gasteiger partial charge in [-0.1, -0.05) is 44.5 Å². The van der Waals surface area contributed by atoms with E-state index >= 15 is 0 Å². The molecule has 0 aliphatic rings. The van der Waals surface area contributed by atoms with E-state index in [0.29, 0.717) is 33.5 Å². The van der Waals surface area contributed by atoms with Crippen molar-refractivity contribution >= 4 is 40.6 Å². The van der Waals surface area contributed by atoms with Crippen LogP contribution in [0.4, 0.5) is 17.2 Å². The standard InChI is InChI=1S/C25H27ClN4O3/c1-25(2,3)17-8-10-18(11-9-17)29-24(32)16-7-12-21(33-15-22(27)31)20(14-16)30(4)23-19(26)6-5-13-28-23/h5-14H,15H2,1-4H3,(H2,27,31)(H,29,32). The minimum Gasteiger partial charge on any atom is -0.482 e. The summed E-state index contributed by atoms with van der Waals surface area (Å²) < 4.78 is 5.56. The van der Waals surface area contributed by atoms with Crippen LogP contribution >= 0.6 is 11.6 Å². The molecule has 0 saturated heterocycles. The number of amides is 2. The Morgan fingerprint density at radius 3 is 2.42 bits per heavy atom. The normalized spacial score (nSPS) is 11.1. The van der Waals surface area contributed by atoms with Crippen LogP contribution in [0.15, 0.2) is 60.8 Å². The van der Waals surface area contributed by atoms with Gasteiger partial charge in [0, 0.05) is 24.5 Å². The van der Waals surface area contributed by atoms with E-state index in [2.05, 4.69) is 31.1 Å². The Morgan fingerprint density at radius 1 is 1.12 bits per heavy atom. The minimum atomic E-state index is -0.611. The van der Waals surface area contributed by atoms with E-state index in [4.69, 9.17) is 22.1 Å². The second kappa shape index (κ2) is 9.92. The van der Waals surface area contributed by atoms with Crippen molar-refractivity contribution in [2.75, 3.05) is 23.9 Å². The van der Waals surface area contributed by atoms with Gasteiger partial charge in [0.25, 0.3) is 11.8 Å². The molecule has 172 valence electrons. The SMILES string of the molecule is CN(c1cc(C(=O)Nc2ccc(C(C)(C)C)cc2)ccc1OCC(N)=O)c1ncccc1Cl. The molecule has 0 saturated carbocycles. The van der Waals surface area contributed by atoms with E-state index in [-0.39, 0.29) is 17.9 Å². The first-order chi connectivity index (χ1) is 15.6. The topological polar surface area (TPSA) is 97.5 Å². The fourth-order valence-corrected chi connectivity index (χ4v) is 3.44. The van der Waals surface area contributed by atoms with Gasteiger partial charge in [0.2, 0.25) is 0 Å². The molecule has 3 rings (SSSR count). The van der Waals surface area contributed by atoms with Gasteiger partial charge in [0.15, 0.2) is 12.4 Å². The number of hydrogen-bond acceptors (Lipinski definition) is 5. The largest absolute Gasteiger partial charge is 0.482 e. The van der Waals surface area contributed by atoms with E-state index in [1.54, 1.807) is 48.5 Å². The fraction of sp³-hybridized carbons (Fsp3) is 0.240. The molecule has 0 fully saturated rings. The average molecular weight is 467 g/mol. The summed E-state index contributed by atoms with van der Waals surface area (Å²) in [5.41, 5.74) is 8.02. The number of rotatable bonds is 7. The zero-order valence-corrected chi connectivity index (χ0v) is 19.8. The van der Waals surface area contributed by atoms with E-state index < -0.39 is 5.91 Å². The number of aromatic nitrogens is 1. The zero-order valence-electron chi connectivity index (χ0n) is 19.1. The molecular formula is C25H27ClN4O3. The molecule has 0 bridgehead atoms. The minimum absolute atomic E-state index is 0.0233. The van der Waals surface area contributed by atoms with Crippen LogP contribution in [0.2, 0.25) is 5.02 Å². The number of hydrogen-bond donors (Lipinski definition) is 2. The highest BCUT2D eigenvalue weighted by Gasteiger charge is 2.18. The van der Waals surface area contributed by atoms with Gasteiger partial charge in [0.1, 0.15) is 5.75 Å². The van der Waals surface area contributed by atoms with Crippen molar-refractivity contribution in [2.24, 2.45) is 5.73 Å². The number of benzene rings is 2. The number of primary amides is 1. The number of pyridine rings is 1. The summed E-state index contributed by atoms with van der Waals surface area (Å²) in [5, 5.41) is 3.34. The second-order valence-corrected chi connectivity index (χ2v) is 8.99. The summed E-state index contributed by atoms with van der Waals surface area (Å²) in [4.78, 5) is 30.2. The van der Waals surface area contributed by atoms with Crippen molar-refractivity contribution in [2.45, 2.75) is 26.2 Å². The van der Waals surface area contributed by atoms with Crippen LogP contribution in [0.1, 0.15) is 36.7 Å². The monoisotopic (exact) mass is 466 g/mol. The zero-order chi connectivity index (χ0) is 24.2. The highest BCUT2D eigenvalue weighted by molar-refractivity contribution is 6.33. The van der Waals surface area contributed by atoms with Crippen LogP contribution in [0, 0.1) is 0 Å². The van der Waals surface area contributed by atoms with Gasteiger partial charge in [-0.3, -0.25) is 9.59 Å². The number of ether oxygens (including phenoxy) is 1. The Bertz CT molecular complexity index is 1160. The third-order valence-electron chi connectivity index (χ3n) is 5.02. The van der Waals surface area contributed by atoms with Crippen molar-refractivity contribution < 1.29 is 14.3 Å². The summed E-state index contributed by atoms with van der Waals surface area (Å²) in [7, 11) is 1.74. The second-order valence-electron chi connectivity index (χ2n) is 8.59. The van der Waals surface area contributed by atoms with Crippen LogP contribution in [-0.2, 0) is 10.2 Å². The molecule has 0 spiro atoms. The maximum atomic E-state index is 13.0. The van der Waals surface area contributed by atoms with Crippen molar-refractivity contribution in [1.82, 2.24) is 4.98 Å². The third kappa shape index (κ3) is 6.02. The lowest BCUT2D eigenvalue weighted by Gasteiger charge is -2.23. The molecule has 3 aromatic rings. The van der Waals surface area contributed by atoms with Gasteiger partial charge >= 0.3 is 0 Å². The number of nitrogens with zero attached hydrogens (tertiary/aromatic N) is 2. The predicted octanol–water partition coefficient (Wildman–Crippen LogP) is 4.92. The van der Waals surface area contributed by atoms with Crippen molar-refractivity contribution in [3.05, 3.63) is 76.9 Å². The quantitative estimate of drug-likeness (QED) is 0.515. The lowest BCUT2D eigenvalue weighted by molar-refractivity contribution is -0.119. The first-order valence-electron chi connectivity index (χ1n) is 10.4. The van der Waals surface area contributed by atoms with E-state index in [0.717, 1.165) is 0 Å². The van der Waals surface area contributed by atoms with Crippen LogP contribution < -0.4 is 20.7 Å². The molecule has 33 heavy (non-hydrogen) atoms. The van der Waals surface area contributed by atoms with Crippen LogP contribution in [0.5, 0.6) is 5.75 Å². The Labute approximate surface area is 198 Å². The Hall–Kier alpha value is -3.58. The number of anilines is 3. The Balaban J connectivity index is 1.91. The summed E-state index contributed by atoms with van der Waals surface area (Å²) in [6.45, 7) is 6.10. The molecule has 1 aromatic heterocycles. The molecule has 0 aliphatic heterocycles. The molecule has 1 heterocycles. The van der Waals surface area contributed by atoms with Crippen LogP contribution in [-0.4, -0.2) is 30.5 Å². The van der Waals surface area contributed by atoms with Gasteiger partial charge in [-0.2, -0.15) is 0 Å². The summed E-state index contributed by atoms with van der Waals surface area (Å²) in [6.07, 6.45) is 1.61. The fourth-order valence-electron chi connectivity index (χ4n) is 3.19. The molecule has 3 N–H and O–H groups in total. The summed E-state index contributed by atoms with van der Waals surface area (Å²) in [6, 6.07) is 16.1. The predicted molar refractivity (Wildman–Crippen MR) is 132 cm³/mol. The molecule has 0 unspecified atom stereocenters. The van der Waals surface area contributed by atoms with E-state index in [1.165, 1.54) is 5.56 Å². The van der Waals surface area contributed by atoms with Crippen LogP contribution in [0.3, 0.4) is 0 Å². The van der Waals surface area contributed by atoms with E-state index in [1.807, 2.05) is 24.3 Å².